The number of nitrogens with zero attached hydrogens (tertiary/aromatic N) is 1. The highest BCUT2D eigenvalue weighted by atomic mass is 127. The van der Waals surface area contributed by atoms with Crippen LogP contribution in [0.5, 0.6) is 0 Å². The van der Waals surface area contributed by atoms with Crippen molar-refractivity contribution in [3.05, 3.63) is 27.6 Å². The van der Waals surface area contributed by atoms with Crippen molar-refractivity contribution in [3.63, 3.8) is 0 Å². The molecule has 0 saturated heterocycles. The molecule has 1 rings (SSSR count). The maximum Gasteiger partial charge on any atom is 0.153 e. The van der Waals surface area contributed by atoms with E-state index in [0.717, 1.165) is 12.1 Å². The molecule has 0 heterocycles. The van der Waals surface area contributed by atoms with Crippen LogP contribution in [-0.2, 0) is 0 Å². The van der Waals surface area contributed by atoms with Gasteiger partial charge in [-0.05, 0) is 46.1 Å². The highest BCUT2D eigenvalue weighted by Gasteiger charge is 2.09. The summed E-state index contributed by atoms with van der Waals surface area (Å²) in [7, 11) is 0. The second-order valence-electron chi connectivity index (χ2n) is 1.83. The Morgan fingerprint density at radius 3 is 2.36 bits per heavy atom. The largest absolute Gasteiger partial charge is 0.204 e. The fourth-order valence-corrected chi connectivity index (χ4v) is 1.07. The molecule has 0 saturated carbocycles. The average Bonchev–Trinajstić information content (AvgIpc) is 1.85. The van der Waals surface area contributed by atoms with Crippen LogP contribution < -0.4 is 5.34 Å². The van der Waals surface area contributed by atoms with Gasteiger partial charge in [-0.1, -0.05) is 8.96 Å². The highest BCUT2D eigenvalue weighted by Crippen LogP contribution is 2.21. The number of halogens is 4. The molecule has 0 aliphatic heterocycles. The van der Waals surface area contributed by atoms with Gasteiger partial charge >= 0.3 is 0 Å². The molecule has 11 heavy (non-hydrogen) atoms. The Balaban J connectivity index is 3.09. The maximum atomic E-state index is 12.6. The van der Waals surface area contributed by atoms with Crippen LogP contribution in [-0.4, -0.2) is 0 Å². The van der Waals surface area contributed by atoms with Gasteiger partial charge in [-0.3, -0.25) is 0 Å². The van der Waals surface area contributed by atoms with E-state index in [-0.39, 0.29) is 0 Å². The van der Waals surface area contributed by atoms with Crippen molar-refractivity contribution in [2.75, 3.05) is 5.34 Å². The Labute approximate surface area is 74.8 Å². The molecule has 0 amide bonds. The summed E-state index contributed by atoms with van der Waals surface area (Å²) in [5.74, 6) is -0.915. The SMILES string of the molecule is Fc1cc(I)ccc1N(F)F. The minimum absolute atomic E-state index is 0.589. The normalized spacial score (nSPS) is 9.82. The first kappa shape index (κ1) is 8.63. The van der Waals surface area contributed by atoms with Crippen LogP contribution in [0, 0.1) is 9.39 Å². The summed E-state index contributed by atoms with van der Waals surface area (Å²) in [6, 6.07) is 3.48. The van der Waals surface area contributed by atoms with Crippen LogP contribution in [0.4, 0.5) is 19.0 Å². The van der Waals surface area contributed by atoms with Crippen LogP contribution in [0.15, 0.2) is 18.2 Å². The van der Waals surface area contributed by atoms with E-state index in [1.807, 2.05) is 22.6 Å². The van der Waals surface area contributed by atoms with Gasteiger partial charge < -0.3 is 0 Å². The van der Waals surface area contributed by atoms with E-state index in [2.05, 4.69) is 0 Å². The van der Waals surface area contributed by atoms with Crippen molar-refractivity contribution in [2.45, 2.75) is 0 Å². The summed E-state index contributed by atoms with van der Waals surface area (Å²) < 4.78 is 36.7. The Bertz CT molecular complexity index is 264. The second-order valence-corrected chi connectivity index (χ2v) is 3.07. The van der Waals surface area contributed by atoms with Gasteiger partial charge in [0.25, 0.3) is 0 Å². The van der Waals surface area contributed by atoms with Gasteiger partial charge in [0.1, 0.15) is 5.69 Å². The van der Waals surface area contributed by atoms with Gasteiger partial charge in [-0.25, -0.2) is 4.39 Å². The third-order valence-electron chi connectivity index (χ3n) is 1.09. The summed E-state index contributed by atoms with van der Waals surface area (Å²) in [6.07, 6.45) is 0. The summed E-state index contributed by atoms with van der Waals surface area (Å²) in [4.78, 5) is 0. The van der Waals surface area contributed by atoms with Gasteiger partial charge in [0, 0.05) is 3.57 Å². The molecule has 5 heteroatoms. The molecule has 1 nitrogen and oxygen atoms in total. The van der Waals surface area contributed by atoms with Gasteiger partial charge in [0.2, 0.25) is 0 Å². The van der Waals surface area contributed by atoms with Gasteiger partial charge in [0.15, 0.2) is 5.82 Å². The quantitative estimate of drug-likeness (QED) is 0.561. The predicted molar refractivity (Wildman–Crippen MR) is 43.8 cm³/mol. The molecule has 0 unspecified atom stereocenters. The maximum absolute atomic E-state index is 12.6. The van der Waals surface area contributed by atoms with Gasteiger partial charge in [0.05, 0.1) is 0 Å². The van der Waals surface area contributed by atoms with E-state index >= 15 is 0 Å². The highest BCUT2D eigenvalue weighted by molar-refractivity contribution is 14.1. The number of hydrogen-bond donors (Lipinski definition) is 0. The Morgan fingerprint density at radius 2 is 1.91 bits per heavy atom. The van der Waals surface area contributed by atoms with E-state index in [1.54, 1.807) is 0 Å². The van der Waals surface area contributed by atoms with E-state index < -0.39 is 16.8 Å². The fraction of sp³-hybridized carbons (Fsp3) is 0. The van der Waals surface area contributed by atoms with E-state index in [0.29, 0.717) is 3.57 Å². The molecule has 1 aromatic carbocycles. The lowest BCUT2D eigenvalue weighted by atomic mass is 10.3. The first-order valence-electron chi connectivity index (χ1n) is 2.68. The Kier molecular flexibility index (Phi) is 2.58. The van der Waals surface area contributed by atoms with Crippen LogP contribution in [0.25, 0.3) is 0 Å². The van der Waals surface area contributed by atoms with Crippen molar-refractivity contribution >= 4 is 28.3 Å². The van der Waals surface area contributed by atoms with Crippen molar-refractivity contribution in [2.24, 2.45) is 0 Å². The summed E-state index contributed by atoms with van der Waals surface area (Å²) in [5, 5.41) is -1.24. The summed E-state index contributed by atoms with van der Waals surface area (Å²) in [5.41, 5.74) is -0.703. The minimum Gasteiger partial charge on any atom is -0.204 e. The lowest BCUT2D eigenvalue weighted by Gasteiger charge is -2.02. The molecule has 0 fully saturated rings. The smallest absolute Gasteiger partial charge is 0.153 e. The molecule has 0 aromatic heterocycles. The molecule has 0 spiro atoms. The monoisotopic (exact) mass is 273 g/mol. The average molecular weight is 273 g/mol. The number of benzene rings is 1. The molecular weight excluding hydrogens is 270 g/mol. The number of anilines is 1. The van der Waals surface area contributed by atoms with E-state index in [1.165, 1.54) is 6.07 Å². The number of rotatable bonds is 1. The minimum atomic E-state index is -1.24. The van der Waals surface area contributed by atoms with Gasteiger partial charge in [-0.15, -0.1) is 0 Å². The fourth-order valence-electron chi connectivity index (χ4n) is 0.618. The number of hydrogen-bond acceptors (Lipinski definition) is 1. The molecule has 0 N–H and O–H groups in total. The molecule has 0 aliphatic rings. The molecule has 0 atom stereocenters. The third-order valence-corrected chi connectivity index (χ3v) is 1.76. The first-order chi connectivity index (χ1) is 5.11. The second kappa shape index (κ2) is 3.29. The van der Waals surface area contributed by atoms with Crippen LogP contribution in [0.2, 0.25) is 0 Å². The van der Waals surface area contributed by atoms with Crippen molar-refractivity contribution in [1.82, 2.24) is 0 Å². The third kappa shape index (κ3) is 1.98. The zero-order valence-corrected chi connectivity index (χ0v) is 7.35. The van der Waals surface area contributed by atoms with Crippen molar-refractivity contribution in [1.29, 1.82) is 0 Å². The standard InChI is InChI=1S/C6H3F3IN/c7-5-3-4(10)1-2-6(5)11(8)9/h1-3H. The van der Waals surface area contributed by atoms with Crippen molar-refractivity contribution < 1.29 is 13.4 Å². The first-order valence-corrected chi connectivity index (χ1v) is 3.76. The van der Waals surface area contributed by atoms with Crippen LogP contribution >= 0.6 is 22.6 Å². The molecule has 0 radical (unpaired) electrons. The Morgan fingerprint density at radius 1 is 1.27 bits per heavy atom. The predicted octanol–water partition coefficient (Wildman–Crippen LogP) is 3.01. The molecular formula is C6H3F3IN. The molecule has 60 valence electrons. The lowest BCUT2D eigenvalue weighted by Crippen LogP contribution is -1.98. The lowest BCUT2D eigenvalue weighted by molar-refractivity contribution is 0.231. The summed E-state index contributed by atoms with van der Waals surface area (Å²) in [6.45, 7) is 0. The Hall–Kier alpha value is -0.460. The van der Waals surface area contributed by atoms with Crippen LogP contribution in [0.3, 0.4) is 0 Å². The zero-order valence-electron chi connectivity index (χ0n) is 5.19. The summed E-state index contributed by atoms with van der Waals surface area (Å²) >= 11 is 1.84. The molecule has 0 bridgehead atoms. The molecule has 1 aromatic rings. The van der Waals surface area contributed by atoms with Gasteiger partial charge in [-0.2, -0.15) is 0 Å². The van der Waals surface area contributed by atoms with Crippen LogP contribution in [0.1, 0.15) is 0 Å². The topological polar surface area (TPSA) is 3.24 Å². The van der Waals surface area contributed by atoms with Crippen molar-refractivity contribution in [3.8, 4) is 0 Å². The molecule has 0 aliphatic carbocycles. The van der Waals surface area contributed by atoms with E-state index in [4.69, 9.17) is 0 Å². The zero-order chi connectivity index (χ0) is 8.43. The van der Waals surface area contributed by atoms with E-state index in [9.17, 15) is 13.4 Å².